The Labute approximate surface area is 120 Å². The summed E-state index contributed by atoms with van der Waals surface area (Å²) in [7, 11) is 0. The number of halogens is 3. The van der Waals surface area contributed by atoms with Crippen molar-refractivity contribution in [3.8, 4) is 0 Å². The Morgan fingerprint density at radius 2 is 1.86 bits per heavy atom. The van der Waals surface area contributed by atoms with Gasteiger partial charge in [0.15, 0.2) is 0 Å². The molecule has 1 aliphatic carbocycles. The van der Waals surface area contributed by atoms with Crippen molar-refractivity contribution in [2.24, 2.45) is 0 Å². The largest absolute Gasteiger partial charge is 0.492 e. The molecule has 1 spiro atoms. The van der Waals surface area contributed by atoms with Gasteiger partial charge in [-0.05, 0) is 24.0 Å². The average Bonchev–Trinajstić information content (AvgIpc) is 2.80. The van der Waals surface area contributed by atoms with E-state index < -0.39 is 12.1 Å². The number of nitrogens with zero attached hydrogens (tertiary/aromatic N) is 1. The van der Waals surface area contributed by atoms with Crippen molar-refractivity contribution < 1.29 is 22.8 Å². The number of allylic oxidation sites excluding steroid dienone is 1. The molecule has 0 unspecified atom stereocenters. The topological polar surface area (TPSA) is 29.5 Å². The van der Waals surface area contributed by atoms with E-state index in [4.69, 9.17) is 0 Å². The summed E-state index contributed by atoms with van der Waals surface area (Å²) in [6.07, 6.45) is 0.472. The zero-order valence-corrected chi connectivity index (χ0v) is 11.2. The molecule has 0 aromatic heterocycles. The van der Waals surface area contributed by atoms with Crippen LogP contribution in [0.5, 0.6) is 0 Å². The van der Waals surface area contributed by atoms with Gasteiger partial charge in [0.1, 0.15) is 0 Å². The number of hydrogen-bond donors (Lipinski definition) is 0. The molecule has 3 nitrogen and oxygen atoms in total. The van der Waals surface area contributed by atoms with Crippen LogP contribution in [0.2, 0.25) is 0 Å². The van der Waals surface area contributed by atoms with Gasteiger partial charge in [-0.25, -0.2) is 4.79 Å². The average molecular weight is 297 g/mol. The molecule has 0 atom stereocenters. The highest BCUT2D eigenvalue weighted by Crippen LogP contribution is 2.43. The predicted octanol–water partition coefficient (Wildman–Crippen LogP) is 3.07. The molecule has 112 valence electrons. The van der Waals surface area contributed by atoms with Crippen LogP contribution in [0.4, 0.5) is 13.2 Å². The number of fused-ring (bicyclic) bond motifs is 2. The predicted molar refractivity (Wildman–Crippen MR) is 70.1 cm³/mol. The zero-order chi connectivity index (χ0) is 15.1. The quantitative estimate of drug-likeness (QED) is 0.798. The molecule has 0 saturated carbocycles. The summed E-state index contributed by atoms with van der Waals surface area (Å²) in [5.74, 6) is -2.15. The molecule has 0 amide bonds. The fourth-order valence-electron chi connectivity index (χ4n) is 3.02. The van der Waals surface area contributed by atoms with Crippen molar-refractivity contribution in [2.75, 3.05) is 13.1 Å². The van der Waals surface area contributed by atoms with E-state index in [0.29, 0.717) is 25.9 Å². The number of rotatable bonds is 1. The summed E-state index contributed by atoms with van der Waals surface area (Å²) in [4.78, 5) is 15.2. The number of piperidine rings is 1. The molecule has 0 N–H and O–H groups in total. The third kappa shape index (κ3) is 2.55. The van der Waals surface area contributed by atoms with Crippen LogP contribution >= 0.6 is 0 Å². The number of alkyl halides is 3. The Bertz CT molecular complexity index is 587. The van der Waals surface area contributed by atoms with Crippen molar-refractivity contribution in [1.29, 1.82) is 0 Å². The lowest BCUT2D eigenvalue weighted by molar-refractivity contribution is -0.242. The second-order valence-corrected chi connectivity index (χ2v) is 5.38. The Hall–Kier alpha value is -1.82. The van der Waals surface area contributed by atoms with Gasteiger partial charge in [-0.1, -0.05) is 36.4 Å². The maximum Gasteiger partial charge on any atom is 0.492 e. The molecule has 1 fully saturated rings. The van der Waals surface area contributed by atoms with Gasteiger partial charge in [0.25, 0.3) is 0 Å². The molecule has 0 radical (unpaired) electrons. The van der Waals surface area contributed by atoms with E-state index in [0.717, 1.165) is 10.6 Å². The first-order chi connectivity index (χ1) is 9.91. The SMILES string of the molecule is O=C(ON1CCC2(C=Cc3ccccc32)CC1)C(F)(F)F. The lowest BCUT2D eigenvalue weighted by Gasteiger charge is -2.38. The molecular weight excluding hydrogens is 283 g/mol. The molecule has 3 rings (SSSR count). The van der Waals surface area contributed by atoms with Crippen LogP contribution in [-0.2, 0) is 15.0 Å². The Morgan fingerprint density at radius 3 is 2.52 bits per heavy atom. The minimum atomic E-state index is -4.95. The van der Waals surface area contributed by atoms with E-state index in [1.165, 1.54) is 5.56 Å². The van der Waals surface area contributed by atoms with E-state index in [-0.39, 0.29) is 5.41 Å². The van der Waals surface area contributed by atoms with Crippen LogP contribution in [-0.4, -0.2) is 30.3 Å². The summed E-state index contributed by atoms with van der Waals surface area (Å²) in [6, 6.07) is 8.00. The van der Waals surface area contributed by atoms with Gasteiger partial charge in [0.2, 0.25) is 0 Å². The highest BCUT2D eigenvalue weighted by atomic mass is 19.4. The lowest BCUT2D eigenvalue weighted by atomic mass is 9.75. The van der Waals surface area contributed by atoms with Crippen LogP contribution in [0.1, 0.15) is 24.0 Å². The molecule has 1 aromatic carbocycles. The number of carbonyl (C=O) groups excluding carboxylic acids is 1. The molecule has 21 heavy (non-hydrogen) atoms. The molecule has 0 bridgehead atoms. The summed E-state index contributed by atoms with van der Waals surface area (Å²) >= 11 is 0. The van der Waals surface area contributed by atoms with Gasteiger partial charge in [-0.2, -0.15) is 13.2 Å². The minimum absolute atomic E-state index is 0.141. The summed E-state index contributed by atoms with van der Waals surface area (Å²) in [6.45, 7) is 0.584. The van der Waals surface area contributed by atoms with Crippen molar-refractivity contribution in [3.05, 3.63) is 41.5 Å². The van der Waals surface area contributed by atoms with E-state index in [1.807, 2.05) is 30.3 Å². The Kier molecular flexibility index (Phi) is 3.28. The third-order valence-corrected chi connectivity index (χ3v) is 4.14. The third-order valence-electron chi connectivity index (χ3n) is 4.14. The van der Waals surface area contributed by atoms with Crippen molar-refractivity contribution in [2.45, 2.75) is 24.4 Å². The van der Waals surface area contributed by atoms with Gasteiger partial charge in [-0.15, -0.1) is 5.06 Å². The lowest BCUT2D eigenvalue weighted by Crippen LogP contribution is -2.44. The second kappa shape index (κ2) is 4.87. The Morgan fingerprint density at radius 1 is 1.19 bits per heavy atom. The van der Waals surface area contributed by atoms with Crippen LogP contribution in [0.3, 0.4) is 0 Å². The standard InChI is InChI=1S/C15H14F3NO2/c16-15(17,18)13(20)21-19-9-7-14(8-10-19)6-5-11-3-1-2-4-12(11)14/h1-6H,7-10H2. The molecule has 6 heteroatoms. The van der Waals surface area contributed by atoms with E-state index in [1.54, 1.807) is 0 Å². The van der Waals surface area contributed by atoms with Crippen molar-refractivity contribution in [3.63, 3.8) is 0 Å². The normalized spacial score (nSPS) is 20.5. The molecule has 2 aliphatic rings. The number of benzene rings is 1. The van der Waals surface area contributed by atoms with Gasteiger partial charge in [-0.3, -0.25) is 0 Å². The summed E-state index contributed by atoms with van der Waals surface area (Å²) in [5, 5.41) is 1.11. The summed E-state index contributed by atoms with van der Waals surface area (Å²) < 4.78 is 36.5. The molecule has 1 heterocycles. The first-order valence-electron chi connectivity index (χ1n) is 6.74. The van der Waals surface area contributed by atoms with E-state index in [9.17, 15) is 18.0 Å². The fourth-order valence-corrected chi connectivity index (χ4v) is 3.02. The van der Waals surface area contributed by atoms with Gasteiger partial charge >= 0.3 is 12.1 Å². The first kappa shape index (κ1) is 14.1. The van der Waals surface area contributed by atoms with Crippen molar-refractivity contribution >= 4 is 12.0 Å². The van der Waals surface area contributed by atoms with Crippen LogP contribution in [0.15, 0.2) is 30.3 Å². The Balaban J connectivity index is 1.67. The maximum atomic E-state index is 12.2. The number of hydroxylamine groups is 2. The second-order valence-electron chi connectivity index (χ2n) is 5.38. The van der Waals surface area contributed by atoms with E-state index in [2.05, 4.69) is 10.9 Å². The summed E-state index contributed by atoms with van der Waals surface area (Å²) in [5.41, 5.74) is 2.21. The van der Waals surface area contributed by atoms with Gasteiger partial charge in [0.05, 0.1) is 0 Å². The molecule has 1 aliphatic heterocycles. The van der Waals surface area contributed by atoms with E-state index >= 15 is 0 Å². The zero-order valence-electron chi connectivity index (χ0n) is 11.2. The highest BCUT2D eigenvalue weighted by Gasteiger charge is 2.44. The molecular formula is C15H14F3NO2. The monoisotopic (exact) mass is 297 g/mol. The van der Waals surface area contributed by atoms with Gasteiger partial charge in [0, 0.05) is 18.5 Å². The highest BCUT2D eigenvalue weighted by molar-refractivity contribution is 5.75. The first-order valence-corrected chi connectivity index (χ1v) is 6.74. The number of carbonyl (C=O) groups is 1. The maximum absolute atomic E-state index is 12.2. The molecule has 1 aromatic rings. The minimum Gasteiger partial charge on any atom is -0.361 e. The molecule has 1 saturated heterocycles. The van der Waals surface area contributed by atoms with Crippen LogP contribution < -0.4 is 0 Å². The fraction of sp³-hybridized carbons (Fsp3) is 0.400. The number of hydrogen-bond acceptors (Lipinski definition) is 3. The van der Waals surface area contributed by atoms with Crippen LogP contribution in [0, 0.1) is 0 Å². The van der Waals surface area contributed by atoms with Gasteiger partial charge < -0.3 is 4.84 Å². The van der Waals surface area contributed by atoms with Crippen molar-refractivity contribution in [1.82, 2.24) is 5.06 Å². The van der Waals surface area contributed by atoms with Crippen LogP contribution in [0.25, 0.3) is 6.08 Å². The smallest absolute Gasteiger partial charge is 0.361 e.